The Morgan fingerprint density at radius 2 is 1.95 bits per heavy atom. The van der Waals surface area contributed by atoms with E-state index in [4.69, 9.17) is 0 Å². The normalized spacial score (nSPS) is 20.4. The van der Waals surface area contributed by atoms with Gasteiger partial charge in [0.2, 0.25) is 0 Å². The van der Waals surface area contributed by atoms with Crippen LogP contribution in [0.3, 0.4) is 0 Å². The van der Waals surface area contributed by atoms with E-state index in [9.17, 15) is 4.79 Å². The monoisotopic (exact) mass is 259 g/mol. The second-order valence-electron chi connectivity index (χ2n) is 6.25. The number of hydrogen-bond acceptors (Lipinski definition) is 3. The molecule has 0 aromatic heterocycles. The van der Waals surface area contributed by atoms with Gasteiger partial charge in [-0.1, -0.05) is 13.8 Å². The standard InChI is InChI=1S/C15H21N3O/c1-15(2)5-8-18(10-15)14(19)11-3-4-12-13(9-11)17-7-6-16-12/h3-4,9,16-17H,5-8,10H2,1-2H3. The summed E-state index contributed by atoms with van der Waals surface area (Å²) in [5.74, 6) is 0.153. The molecule has 0 unspecified atom stereocenters. The molecular formula is C15H21N3O. The average Bonchev–Trinajstić information content (AvgIpc) is 2.78. The van der Waals surface area contributed by atoms with Crippen LogP contribution in [-0.4, -0.2) is 37.0 Å². The fraction of sp³-hybridized carbons (Fsp3) is 0.533. The van der Waals surface area contributed by atoms with E-state index in [-0.39, 0.29) is 11.3 Å². The third-order valence-corrected chi connectivity index (χ3v) is 3.99. The molecule has 2 aliphatic heterocycles. The maximum Gasteiger partial charge on any atom is 0.253 e. The van der Waals surface area contributed by atoms with Gasteiger partial charge in [0.05, 0.1) is 11.4 Å². The number of rotatable bonds is 1. The highest BCUT2D eigenvalue weighted by Crippen LogP contribution is 2.31. The van der Waals surface area contributed by atoms with Crippen molar-refractivity contribution in [3.8, 4) is 0 Å². The van der Waals surface area contributed by atoms with Crippen molar-refractivity contribution in [1.82, 2.24) is 4.90 Å². The lowest BCUT2D eigenvalue weighted by molar-refractivity contribution is 0.0778. The predicted octanol–water partition coefficient (Wildman–Crippen LogP) is 2.40. The summed E-state index contributed by atoms with van der Waals surface area (Å²) in [5, 5.41) is 6.66. The average molecular weight is 259 g/mol. The molecule has 1 aromatic carbocycles. The summed E-state index contributed by atoms with van der Waals surface area (Å²) in [6, 6.07) is 5.89. The molecule has 19 heavy (non-hydrogen) atoms. The van der Waals surface area contributed by atoms with Crippen molar-refractivity contribution >= 4 is 17.3 Å². The molecular weight excluding hydrogens is 238 g/mol. The van der Waals surface area contributed by atoms with Gasteiger partial charge in [-0.15, -0.1) is 0 Å². The van der Waals surface area contributed by atoms with E-state index >= 15 is 0 Å². The van der Waals surface area contributed by atoms with Gasteiger partial charge in [-0.2, -0.15) is 0 Å². The van der Waals surface area contributed by atoms with Gasteiger partial charge in [-0.3, -0.25) is 4.79 Å². The van der Waals surface area contributed by atoms with Crippen molar-refractivity contribution in [3.63, 3.8) is 0 Å². The highest BCUT2D eigenvalue weighted by atomic mass is 16.2. The van der Waals surface area contributed by atoms with E-state index in [0.717, 1.165) is 49.5 Å². The minimum Gasteiger partial charge on any atom is -0.382 e. The molecule has 0 radical (unpaired) electrons. The van der Waals surface area contributed by atoms with Gasteiger partial charge >= 0.3 is 0 Å². The lowest BCUT2D eigenvalue weighted by Crippen LogP contribution is -2.30. The fourth-order valence-electron chi connectivity index (χ4n) is 2.84. The Labute approximate surface area is 114 Å². The molecule has 0 saturated carbocycles. The van der Waals surface area contributed by atoms with Crippen LogP contribution < -0.4 is 10.6 Å². The van der Waals surface area contributed by atoms with Gasteiger partial charge in [0, 0.05) is 31.7 Å². The van der Waals surface area contributed by atoms with Gasteiger partial charge in [0.25, 0.3) is 5.91 Å². The third kappa shape index (κ3) is 2.39. The molecule has 1 fully saturated rings. The lowest BCUT2D eigenvalue weighted by atomic mass is 9.93. The minimum absolute atomic E-state index is 0.153. The number of likely N-dealkylation sites (tertiary alicyclic amines) is 1. The fourth-order valence-corrected chi connectivity index (χ4v) is 2.84. The zero-order chi connectivity index (χ0) is 13.5. The zero-order valence-corrected chi connectivity index (χ0v) is 11.6. The first kappa shape index (κ1) is 12.3. The quantitative estimate of drug-likeness (QED) is 0.814. The van der Waals surface area contributed by atoms with E-state index in [0.29, 0.717) is 0 Å². The Morgan fingerprint density at radius 1 is 1.21 bits per heavy atom. The molecule has 4 nitrogen and oxygen atoms in total. The van der Waals surface area contributed by atoms with Crippen molar-refractivity contribution in [3.05, 3.63) is 23.8 Å². The van der Waals surface area contributed by atoms with E-state index in [1.807, 2.05) is 23.1 Å². The molecule has 2 heterocycles. The molecule has 4 heteroatoms. The second-order valence-corrected chi connectivity index (χ2v) is 6.25. The Balaban J connectivity index is 1.81. The number of hydrogen-bond donors (Lipinski definition) is 2. The second kappa shape index (κ2) is 4.44. The molecule has 0 spiro atoms. The molecule has 1 saturated heterocycles. The van der Waals surface area contributed by atoms with Crippen molar-refractivity contribution in [2.45, 2.75) is 20.3 Å². The summed E-state index contributed by atoms with van der Waals surface area (Å²) in [4.78, 5) is 14.5. The van der Waals surface area contributed by atoms with Crippen LogP contribution in [0.15, 0.2) is 18.2 Å². The Bertz CT molecular complexity index is 510. The smallest absolute Gasteiger partial charge is 0.253 e. The maximum absolute atomic E-state index is 12.5. The summed E-state index contributed by atoms with van der Waals surface area (Å²) < 4.78 is 0. The number of amides is 1. The number of nitrogens with zero attached hydrogens (tertiary/aromatic N) is 1. The first-order valence-electron chi connectivity index (χ1n) is 6.96. The number of nitrogens with one attached hydrogen (secondary N) is 2. The van der Waals surface area contributed by atoms with E-state index < -0.39 is 0 Å². The van der Waals surface area contributed by atoms with Gasteiger partial charge in [-0.25, -0.2) is 0 Å². The summed E-state index contributed by atoms with van der Waals surface area (Å²) in [6.45, 7) is 8.00. The molecule has 2 aliphatic rings. The van der Waals surface area contributed by atoms with Gasteiger partial charge in [-0.05, 0) is 30.0 Å². The highest BCUT2D eigenvalue weighted by molar-refractivity contribution is 5.96. The Morgan fingerprint density at radius 3 is 2.63 bits per heavy atom. The number of fused-ring (bicyclic) bond motifs is 1. The Hall–Kier alpha value is -1.71. The highest BCUT2D eigenvalue weighted by Gasteiger charge is 2.32. The topological polar surface area (TPSA) is 44.4 Å². The lowest BCUT2D eigenvalue weighted by Gasteiger charge is -2.23. The molecule has 3 rings (SSSR count). The van der Waals surface area contributed by atoms with Crippen LogP contribution in [0.2, 0.25) is 0 Å². The van der Waals surface area contributed by atoms with Crippen molar-refractivity contribution in [2.24, 2.45) is 5.41 Å². The summed E-state index contributed by atoms with van der Waals surface area (Å²) in [5.41, 5.74) is 3.16. The first-order chi connectivity index (χ1) is 9.05. The summed E-state index contributed by atoms with van der Waals surface area (Å²) >= 11 is 0. The third-order valence-electron chi connectivity index (χ3n) is 3.99. The SMILES string of the molecule is CC1(C)CCN(C(=O)c2ccc3c(c2)NCCN3)C1. The number of carbonyl (C=O) groups excluding carboxylic acids is 1. The van der Waals surface area contributed by atoms with Crippen LogP contribution in [0, 0.1) is 5.41 Å². The molecule has 0 atom stereocenters. The van der Waals surface area contributed by atoms with Crippen LogP contribution in [-0.2, 0) is 0 Å². The van der Waals surface area contributed by atoms with Crippen LogP contribution in [0.5, 0.6) is 0 Å². The van der Waals surface area contributed by atoms with Gasteiger partial charge < -0.3 is 15.5 Å². The van der Waals surface area contributed by atoms with E-state index in [2.05, 4.69) is 24.5 Å². The van der Waals surface area contributed by atoms with Crippen LogP contribution in [0.4, 0.5) is 11.4 Å². The molecule has 2 N–H and O–H groups in total. The number of benzene rings is 1. The van der Waals surface area contributed by atoms with Crippen molar-refractivity contribution in [1.29, 1.82) is 0 Å². The molecule has 1 amide bonds. The van der Waals surface area contributed by atoms with Gasteiger partial charge in [0.15, 0.2) is 0 Å². The minimum atomic E-state index is 0.153. The van der Waals surface area contributed by atoms with Crippen molar-refractivity contribution < 1.29 is 4.79 Å². The van der Waals surface area contributed by atoms with E-state index in [1.165, 1.54) is 0 Å². The zero-order valence-electron chi connectivity index (χ0n) is 11.6. The van der Waals surface area contributed by atoms with Crippen LogP contribution >= 0.6 is 0 Å². The number of carbonyl (C=O) groups is 1. The molecule has 102 valence electrons. The number of anilines is 2. The largest absolute Gasteiger partial charge is 0.382 e. The van der Waals surface area contributed by atoms with Crippen molar-refractivity contribution in [2.75, 3.05) is 36.8 Å². The van der Waals surface area contributed by atoms with Crippen LogP contribution in [0.1, 0.15) is 30.6 Å². The predicted molar refractivity (Wildman–Crippen MR) is 77.7 cm³/mol. The molecule has 0 aliphatic carbocycles. The summed E-state index contributed by atoms with van der Waals surface area (Å²) in [6.07, 6.45) is 1.09. The summed E-state index contributed by atoms with van der Waals surface area (Å²) in [7, 11) is 0. The molecule has 0 bridgehead atoms. The van der Waals surface area contributed by atoms with E-state index in [1.54, 1.807) is 0 Å². The molecule has 1 aromatic rings. The first-order valence-corrected chi connectivity index (χ1v) is 6.96. The maximum atomic E-state index is 12.5. The van der Waals surface area contributed by atoms with Crippen LogP contribution in [0.25, 0.3) is 0 Å². The Kier molecular flexibility index (Phi) is 2.88. The van der Waals surface area contributed by atoms with Gasteiger partial charge in [0.1, 0.15) is 0 Å².